The summed E-state index contributed by atoms with van der Waals surface area (Å²) in [6.45, 7) is 5.64. The molecule has 3 rings (SSSR count). The molecule has 3 aromatic rings. The van der Waals surface area contributed by atoms with E-state index in [1.807, 2.05) is 26.8 Å². The van der Waals surface area contributed by atoms with Crippen LogP contribution in [-0.2, 0) is 4.79 Å². The highest BCUT2D eigenvalue weighted by molar-refractivity contribution is 9.13. The van der Waals surface area contributed by atoms with Gasteiger partial charge >= 0.3 is 5.97 Å². The minimum Gasteiger partial charge on any atom is -0.490 e. The van der Waals surface area contributed by atoms with Crippen molar-refractivity contribution in [1.82, 2.24) is 9.66 Å². The molecule has 0 aliphatic carbocycles. The number of fused-ring (bicyclic) bond motifs is 1. The van der Waals surface area contributed by atoms with E-state index < -0.39 is 12.6 Å². The van der Waals surface area contributed by atoms with Crippen LogP contribution < -0.4 is 15.0 Å². The molecular weight excluding hydrogens is 638 g/mol. The van der Waals surface area contributed by atoms with Crippen LogP contribution in [0.25, 0.3) is 10.9 Å². The number of ether oxygens (including phenoxy) is 2. The van der Waals surface area contributed by atoms with Gasteiger partial charge in [0.05, 0.1) is 28.2 Å². The molecule has 34 heavy (non-hydrogen) atoms. The Morgan fingerprint density at radius 3 is 2.59 bits per heavy atom. The second kappa shape index (κ2) is 11.5. The highest BCUT2D eigenvalue weighted by Crippen LogP contribution is 2.42. The molecule has 0 unspecified atom stereocenters. The van der Waals surface area contributed by atoms with Crippen LogP contribution >= 0.6 is 47.8 Å². The summed E-state index contributed by atoms with van der Waals surface area (Å²) in [6, 6.07) is 7.04. The lowest BCUT2D eigenvalue weighted by molar-refractivity contribution is -0.139. The van der Waals surface area contributed by atoms with Crippen molar-refractivity contribution in [1.29, 1.82) is 0 Å². The van der Waals surface area contributed by atoms with Gasteiger partial charge < -0.3 is 14.6 Å². The van der Waals surface area contributed by atoms with E-state index in [4.69, 9.17) is 19.6 Å². The minimum atomic E-state index is -1.11. The summed E-state index contributed by atoms with van der Waals surface area (Å²) in [4.78, 5) is 29.0. The Balaban J connectivity index is 2.16. The summed E-state index contributed by atoms with van der Waals surface area (Å²) in [6.07, 6.45) is 2.31. The lowest BCUT2D eigenvalue weighted by Gasteiger charge is -2.16. The number of carbonyl (C=O) groups is 1. The van der Waals surface area contributed by atoms with Gasteiger partial charge in [0.2, 0.25) is 0 Å². The molecule has 0 fully saturated rings. The molecule has 180 valence electrons. The first kappa shape index (κ1) is 26.4. The van der Waals surface area contributed by atoms with E-state index in [0.29, 0.717) is 43.6 Å². The highest BCUT2D eigenvalue weighted by atomic mass is 79.9. The molecule has 0 radical (unpaired) electrons. The summed E-state index contributed by atoms with van der Waals surface area (Å²) in [5.74, 6) is 0.0425. The van der Waals surface area contributed by atoms with Crippen molar-refractivity contribution in [2.45, 2.75) is 33.1 Å². The van der Waals surface area contributed by atoms with Crippen molar-refractivity contribution in [3.05, 3.63) is 59.4 Å². The van der Waals surface area contributed by atoms with Crippen LogP contribution in [0.3, 0.4) is 0 Å². The normalized spacial score (nSPS) is 12.3. The highest BCUT2D eigenvalue weighted by Gasteiger charge is 2.19. The van der Waals surface area contributed by atoms with E-state index in [2.05, 4.69) is 52.9 Å². The maximum atomic E-state index is 13.3. The van der Waals surface area contributed by atoms with E-state index in [-0.39, 0.29) is 17.2 Å². The van der Waals surface area contributed by atoms with Gasteiger partial charge in [0.25, 0.3) is 5.56 Å². The van der Waals surface area contributed by atoms with Gasteiger partial charge in [0, 0.05) is 20.4 Å². The van der Waals surface area contributed by atoms with Crippen molar-refractivity contribution in [2.24, 2.45) is 5.10 Å². The number of hydrogen-bond acceptors (Lipinski definition) is 6. The van der Waals surface area contributed by atoms with E-state index >= 15 is 0 Å². The number of rotatable bonds is 9. The number of benzene rings is 2. The molecule has 11 heteroatoms. The van der Waals surface area contributed by atoms with Gasteiger partial charge in [-0.25, -0.2) is 9.78 Å². The van der Waals surface area contributed by atoms with Crippen molar-refractivity contribution in [3.63, 3.8) is 0 Å². The average molecular weight is 660 g/mol. The fraction of sp³-hybridized carbons (Fsp3) is 0.304. The lowest BCUT2D eigenvalue weighted by atomic mass is 10.1. The van der Waals surface area contributed by atoms with Crippen LogP contribution in [0.5, 0.6) is 11.5 Å². The molecule has 0 saturated carbocycles. The molecule has 2 aromatic carbocycles. The Morgan fingerprint density at radius 1 is 1.21 bits per heavy atom. The predicted molar refractivity (Wildman–Crippen MR) is 142 cm³/mol. The van der Waals surface area contributed by atoms with Gasteiger partial charge in [-0.3, -0.25) is 4.79 Å². The number of carboxylic acid groups (broad SMARTS) is 1. The molecule has 0 amide bonds. The zero-order chi connectivity index (χ0) is 25.0. The number of aromatic nitrogens is 2. The first-order valence-electron chi connectivity index (χ1n) is 10.4. The number of carboxylic acids is 1. The lowest BCUT2D eigenvalue weighted by Crippen LogP contribution is -2.23. The molecule has 1 atom stereocenters. The molecule has 0 saturated heterocycles. The molecule has 8 nitrogen and oxygen atoms in total. The maximum absolute atomic E-state index is 13.3. The zero-order valence-corrected chi connectivity index (χ0v) is 23.4. The smallest absolute Gasteiger partial charge is 0.341 e. The summed E-state index contributed by atoms with van der Waals surface area (Å²) < 4.78 is 14.2. The fourth-order valence-electron chi connectivity index (χ4n) is 3.13. The first-order chi connectivity index (χ1) is 16.2. The van der Waals surface area contributed by atoms with Gasteiger partial charge in [-0.15, -0.1) is 0 Å². The molecule has 1 aromatic heterocycles. The Labute approximate surface area is 221 Å². The summed E-state index contributed by atoms with van der Waals surface area (Å²) in [7, 11) is 0. The van der Waals surface area contributed by atoms with Crippen molar-refractivity contribution < 1.29 is 19.4 Å². The monoisotopic (exact) mass is 657 g/mol. The molecule has 1 heterocycles. The van der Waals surface area contributed by atoms with E-state index in [1.165, 1.54) is 10.9 Å². The van der Waals surface area contributed by atoms with Gasteiger partial charge in [-0.1, -0.05) is 29.8 Å². The Bertz CT molecular complexity index is 1320. The second-order valence-corrected chi connectivity index (χ2v) is 9.84. The topological polar surface area (TPSA) is 103 Å². The van der Waals surface area contributed by atoms with Crippen LogP contribution in [-0.4, -0.2) is 40.2 Å². The van der Waals surface area contributed by atoms with Crippen LogP contribution in [0.15, 0.2) is 47.6 Å². The Hall–Kier alpha value is -2.24. The third kappa shape index (κ3) is 5.69. The SMILES string of the molecule is CCOc1cc(C=Nn2c([C@@H](C)CC)nc3ccc(Br)cc3c2=O)c(Br)c(Br)c1OCC(=O)O. The molecule has 0 aliphatic rings. The Morgan fingerprint density at radius 2 is 1.94 bits per heavy atom. The van der Waals surface area contributed by atoms with Crippen molar-refractivity contribution in [2.75, 3.05) is 13.2 Å². The summed E-state index contributed by atoms with van der Waals surface area (Å²) >= 11 is 10.3. The third-order valence-corrected chi connectivity index (χ3v) is 7.63. The fourth-order valence-corrected chi connectivity index (χ4v) is 4.43. The number of nitrogens with zero attached hydrogens (tertiary/aromatic N) is 3. The number of aliphatic carboxylic acids is 1. The molecular formula is C23H22Br3N3O5. The third-order valence-electron chi connectivity index (χ3n) is 4.99. The maximum Gasteiger partial charge on any atom is 0.341 e. The molecule has 0 spiro atoms. The number of halogens is 3. The second-order valence-electron chi connectivity index (χ2n) is 7.34. The summed E-state index contributed by atoms with van der Waals surface area (Å²) in [5, 5.41) is 13.9. The standard InChI is InChI=1S/C23H22Br3N3O5/c1-4-12(3)22-28-16-7-6-14(24)9-15(16)23(32)29(22)27-10-13-8-17(33-5-2)21(20(26)19(13)25)34-11-18(30)31/h6-10,12H,4-5,11H2,1-3H3,(H,30,31)/t12-/m0/s1. The van der Waals surface area contributed by atoms with E-state index in [0.717, 1.165) is 10.9 Å². The largest absolute Gasteiger partial charge is 0.490 e. The van der Waals surface area contributed by atoms with Gasteiger partial charge in [0.1, 0.15) is 5.82 Å². The average Bonchev–Trinajstić information content (AvgIpc) is 2.80. The summed E-state index contributed by atoms with van der Waals surface area (Å²) in [5.41, 5.74) is 0.922. The van der Waals surface area contributed by atoms with Crippen LogP contribution in [0.1, 0.15) is 44.5 Å². The molecule has 1 N–H and O–H groups in total. The van der Waals surface area contributed by atoms with E-state index in [1.54, 1.807) is 18.2 Å². The predicted octanol–water partition coefficient (Wildman–Crippen LogP) is 5.94. The minimum absolute atomic E-state index is 0.00106. The zero-order valence-electron chi connectivity index (χ0n) is 18.6. The van der Waals surface area contributed by atoms with Crippen LogP contribution in [0.4, 0.5) is 0 Å². The Kier molecular flexibility index (Phi) is 8.89. The van der Waals surface area contributed by atoms with Gasteiger partial charge in [-0.2, -0.15) is 9.78 Å². The number of hydrogen-bond donors (Lipinski definition) is 1. The van der Waals surface area contributed by atoms with E-state index in [9.17, 15) is 9.59 Å². The first-order valence-corrected chi connectivity index (χ1v) is 12.8. The van der Waals surface area contributed by atoms with Crippen molar-refractivity contribution >= 4 is 70.9 Å². The van der Waals surface area contributed by atoms with Crippen LogP contribution in [0.2, 0.25) is 0 Å². The van der Waals surface area contributed by atoms with Crippen molar-refractivity contribution in [3.8, 4) is 11.5 Å². The molecule has 0 bridgehead atoms. The van der Waals surface area contributed by atoms with Gasteiger partial charge in [-0.05, 0) is 69.5 Å². The van der Waals surface area contributed by atoms with Gasteiger partial charge in [0.15, 0.2) is 18.1 Å². The van der Waals surface area contributed by atoms with Crippen LogP contribution in [0, 0.1) is 0 Å². The quantitative estimate of drug-likeness (QED) is 0.285. The molecule has 0 aliphatic heterocycles.